The Morgan fingerprint density at radius 1 is 1.26 bits per heavy atom. The van der Waals surface area contributed by atoms with E-state index in [1.54, 1.807) is 0 Å². The molecule has 0 unspecified atom stereocenters. The van der Waals surface area contributed by atoms with Crippen molar-refractivity contribution in [2.45, 2.75) is 12.8 Å². The summed E-state index contributed by atoms with van der Waals surface area (Å²) in [5, 5.41) is 2.89. The average Bonchev–Trinajstić information content (AvgIpc) is 2.64. The van der Waals surface area contributed by atoms with E-state index in [2.05, 4.69) is 5.32 Å². The Morgan fingerprint density at radius 3 is 2.67 bits per heavy atom. The first-order valence-corrected chi connectivity index (χ1v) is 8.99. The van der Waals surface area contributed by atoms with E-state index in [1.165, 1.54) is 23.1 Å². The van der Waals surface area contributed by atoms with Crippen molar-refractivity contribution in [3.05, 3.63) is 33.8 Å². The molecule has 3 amide bonds. The second kappa shape index (κ2) is 9.57. The predicted octanol–water partition coefficient (Wildman–Crippen LogP) is 0.990. The molecule has 1 heterocycles. The molecule has 8 nitrogen and oxygen atoms in total. The van der Waals surface area contributed by atoms with Gasteiger partial charge in [-0.05, 0) is 31.0 Å². The van der Waals surface area contributed by atoms with E-state index in [9.17, 15) is 19.2 Å². The van der Waals surface area contributed by atoms with E-state index in [0.717, 1.165) is 0 Å². The summed E-state index contributed by atoms with van der Waals surface area (Å²) in [6, 6.07) is 4.34. The van der Waals surface area contributed by atoms with Gasteiger partial charge >= 0.3 is 5.97 Å². The van der Waals surface area contributed by atoms with Crippen LogP contribution in [0.15, 0.2) is 18.2 Å². The molecule has 1 atom stereocenters. The van der Waals surface area contributed by atoms with E-state index < -0.39 is 36.8 Å². The Kier molecular flexibility index (Phi) is 7.44. The summed E-state index contributed by atoms with van der Waals surface area (Å²) in [5.74, 6) is -2.60. The zero-order chi connectivity index (χ0) is 20.0. The fraction of sp³-hybridized carbons (Fsp3) is 0.412. The minimum absolute atomic E-state index is 0.151. The summed E-state index contributed by atoms with van der Waals surface area (Å²) in [4.78, 5) is 48.5. The molecular formula is C17H19Cl2N3O5. The number of amides is 3. The number of rotatable bonds is 6. The lowest BCUT2D eigenvalue weighted by Crippen LogP contribution is -2.45. The molecule has 10 heteroatoms. The lowest BCUT2D eigenvalue weighted by Gasteiger charge is -2.31. The van der Waals surface area contributed by atoms with Gasteiger partial charge in [-0.2, -0.15) is 0 Å². The van der Waals surface area contributed by atoms with Crippen LogP contribution in [0.3, 0.4) is 0 Å². The first-order chi connectivity index (χ1) is 12.8. The maximum atomic E-state index is 12.1. The second-order valence-corrected chi connectivity index (χ2v) is 6.89. The SMILES string of the molecule is NC(=O)[C@@H]1CCCN(C(=O)COC(=O)CNC(=O)c2ccc(Cl)cc2Cl)C1. The van der Waals surface area contributed by atoms with Crippen LogP contribution in [0.2, 0.25) is 10.0 Å². The standard InChI is InChI=1S/C17H19Cl2N3O5/c18-11-3-4-12(13(19)6-11)17(26)21-7-15(24)27-9-14(23)22-5-1-2-10(8-22)16(20)25/h3-4,6,10H,1-2,5,7-9H2,(H2,20,25)(H,21,26)/t10-/m1/s1. The molecule has 0 aliphatic carbocycles. The first kappa shape index (κ1) is 21.0. The number of hydrogen-bond acceptors (Lipinski definition) is 5. The number of primary amides is 1. The summed E-state index contributed by atoms with van der Waals surface area (Å²) in [7, 11) is 0. The number of nitrogens with zero attached hydrogens (tertiary/aromatic N) is 1. The van der Waals surface area contributed by atoms with Gasteiger partial charge in [0.15, 0.2) is 6.61 Å². The maximum Gasteiger partial charge on any atom is 0.325 e. The van der Waals surface area contributed by atoms with Crippen molar-refractivity contribution in [3.8, 4) is 0 Å². The number of esters is 1. The van der Waals surface area contributed by atoms with Gasteiger partial charge in [0.1, 0.15) is 6.54 Å². The van der Waals surface area contributed by atoms with Crippen LogP contribution >= 0.6 is 23.2 Å². The van der Waals surface area contributed by atoms with Gasteiger partial charge in [0, 0.05) is 18.1 Å². The van der Waals surface area contributed by atoms with Crippen molar-refractivity contribution in [2.24, 2.45) is 11.7 Å². The lowest BCUT2D eigenvalue weighted by atomic mass is 9.97. The third kappa shape index (κ3) is 6.11. The molecule has 1 aliphatic heterocycles. The Hall–Kier alpha value is -2.32. The Bertz CT molecular complexity index is 756. The smallest absolute Gasteiger partial charge is 0.325 e. The minimum atomic E-state index is -0.773. The number of likely N-dealkylation sites (tertiary alicyclic amines) is 1. The number of carbonyl (C=O) groups excluding carboxylic acids is 4. The molecule has 1 saturated heterocycles. The molecule has 1 fully saturated rings. The van der Waals surface area contributed by atoms with Crippen molar-refractivity contribution < 1.29 is 23.9 Å². The van der Waals surface area contributed by atoms with Gasteiger partial charge in [0.05, 0.1) is 16.5 Å². The third-order valence-electron chi connectivity index (χ3n) is 4.10. The largest absolute Gasteiger partial charge is 0.454 e. The van der Waals surface area contributed by atoms with Crippen molar-refractivity contribution in [2.75, 3.05) is 26.2 Å². The molecule has 0 saturated carbocycles. The molecule has 1 aliphatic rings. The molecule has 1 aromatic carbocycles. The zero-order valence-corrected chi connectivity index (χ0v) is 15.9. The summed E-state index contributed by atoms with van der Waals surface area (Å²) in [5.41, 5.74) is 5.43. The van der Waals surface area contributed by atoms with Crippen LogP contribution < -0.4 is 11.1 Å². The van der Waals surface area contributed by atoms with Crippen LogP contribution in [-0.2, 0) is 19.1 Å². The molecule has 2 rings (SSSR count). The second-order valence-electron chi connectivity index (χ2n) is 6.05. The van der Waals surface area contributed by atoms with Crippen LogP contribution in [0.5, 0.6) is 0 Å². The van der Waals surface area contributed by atoms with Gasteiger partial charge in [-0.1, -0.05) is 23.2 Å². The molecule has 0 spiro atoms. The van der Waals surface area contributed by atoms with E-state index in [1.807, 2.05) is 0 Å². The fourth-order valence-corrected chi connectivity index (χ4v) is 3.14. The van der Waals surface area contributed by atoms with Crippen molar-refractivity contribution in [1.82, 2.24) is 10.2 Å². The number of hydrogen-bond donors (Lipinski definition) is 2. The lowest BCUT2D eigenvalue weighted by molar-refractivity contribution is -0.152. The van der Waals surface area contributed by atoms with Crippen LogP contribution in [-0.4, -0.2) is 54.8 Å². The highest BCUT2D eigenvalue weighted by Gasteiger charge is 2.27. The molecule has 0 bridgehead atoms. The van der Waals surface area contributed by atoms with Gasteiger partial charge in [-0.15, -0.1) is 0 Å². The van der Waals surface area contributed by atoms with E-state index >= 15 is 0 Å². The predicted molar refractivity (Wildman–Crippen MR) is 98.3 cm³/mol. The number of carbonyl (C=O) groups is 4. The monoisotopic (exact) mass is 415 g/mol. The number of benzene rings is 1. The van der Waals surface area contributed by atoms with Crippen LogP contribution in [0, 0.1) is 5.92 Å². The quantitative estimate of drug-likeness (QED) is 0.671. The number of nitrogens with one attached hydrogen (secondary N) is 1. The summed E-state index contributed by atoms with van der Waals surface area (Å²) in [6.45, 7) is -0.194. The van der Waals surface area contributed by atoms with Crippen molar-refractivity contribution in [3.63, 3.8) is 0 Å². The van der Waals surface area contributed by atoms with E-state index in [0.29, 0.717) is 24.4 Å². The summed E-state index contributed by atoms with van der Waals surface area (Å²) in [6.07, 6.45) is 1.30. The molecule has 27 heavy (non-hydrogen) atoms. The number of halogens is 2. The van der Waals surface area contributed by atoms with Gasteiger partial charge in [-0.3, -0.25) is 19.2 Å². The van der Waals surface area contributed by atoms with Crippen LogP contribution in [0.1, 0.15) is 23.2 Å². The van der Waals surface area contributed by atoms with Crippen LogP contribution in [0.4, 0.5) is 0 Å². The maximum absolute atomic E-state index is 12.1. The average molecular weight is 416 g/mol. The molecular weight excluding hydrogens is 397 g/mol. The Morgan fingerprint density at radius 2 is 2.00 bits per heavy atom. The van der Waals surface area contributed by atoms with Crippen LogP contribution in [0.25, 0.3) is 0 Å². The summed E-state index contributed by atoms with van der Waals surface area (Å²) < 4.78 is 4.87. The highest BCUT2D eigenvalue weighted by Crippen LogP contribution is 2.20. The molecule has 0 radical (unpaired) electrons. The summed E-state index contributed by atoms with van der Waals surface area (Å²) >= 11 is 11.7. The van der Waals surface area contributed by atoms with Gasteiger partial charge in [-0.25, -0.2) is 0 Å². The van der Waals surface area contributed by atoms with Gasteiger partial charge in [0.25, 0.3) is 11.8 Å². The Balaban J connectivity index is 1.76. The molecule has 3 N–H and O–H groups in total. The topological polar surface area (TPSA) is 119 Å². The van der Waals surface area contributed by atoms with Crippen molar-refractivity contribution in [1.29, 1.82) is 0 Å². The fourth-order valence-electron chi connectivity index (χ4n) is 2.64. The highest BCUT2D eigenvalue weighted by atomic mass is 35.5. The zero-order valence-electron chi connectivity index (χ0n) is 14.4. The number of ether oxygens (including phenoxy) is 1. The third-order valence-corrected chi connectivity index (χ3v) is 4.65. The Labute approximate surface area is 165 Å². The molecule has 1 aromatic rings. The first-order valence-electron chi connectivity index (χ1n) is 8.24. The highest BCUT2D eigenvalue weighted by molar-refractivity contribution is 6.36. The van der Waals surface area contributed by atoms with E-state index in [-0.39, 0.29) is 23.0 Å². The van der Waals surface area contributed by atoms with E-state index in [4.69, 9.17) is 33.7 Å². The normalized spacial score (nSPS) is 16.5. The minimum Gasteiger partial charge on any atom is -0.454 e. The molecule has 0 aromatic heterocycles. The van der Waals surface area contributed by atoms with Gasteiger partial charge < -0.3 is 20.7 Å². The van der Waals surface area contributed by atoms with Gasteiger partial charge in [0.2, 0.25) is 5.91 Å². The number of nitrogens with two attached hydrogens (primary N) is 1. The van der Waals surface area contributed by atoms with Crippen molar-refractivity contribution >= 4 is 46.9 Å². The molecule has 146 valence electrons. The number of piperidine rings is 1.